The maximum atomic E-state index is 7.08. The SMILES string of the molecule is CC[Si](CC)(CC)O[Si](C)(CCCOCC1CO1)O[Si](CC)(CC)CC. The van der Waals surface area contributed by atoms with Gasteiger partial charge in [-0.3, -0.25) is 0 Å². The lowest BCUT2D eigenvalue weighted by Crippen LogP contribution is -2.56. The summed E-state index contributed by atoms with van der Waals surface area (Å²) in [6.45, 7) is 18.7. The number of hydrogen-bond acceptors (Lipinski definition) is 4. The molecule has 0 aromatic rings. The predicted octanol–water partition coefficient (Wildman–Crippen LogP) is 5.91. The molecule has 1 rings (SSSR count). The van der Waals surface area contributed by atoms with E-state index in [1.54, 1.807) is 0 Å². The Morgan fingerprint density at radius 1 is 0.808 bits per heavy atom. The molecule has 0 aromatic carbocycles. The Bertz CT molecular complexity index is 344. The van der Waals surface area contributed by atoms with Crippen molar-refractivity contribution in [3.8, 4) is 0 Å². The van der Waals surface area contributed by atoms with Crippen LogP contribution in [0.15, 0.2) is 0 Å². The highest BCUT2D eigenvalue weighted by molar-refractivity contribution is 6.89. The molecule has 1 heterocycles. The molecular weight excluding hydrogens is 376 g/mol. The summed E-state index contributed by atoms with van der Waals surface area (Å²) in [5.41, 5.74) is 0. The minimum absolute atomic E-state index is 0.354. The van der Waals surface area contributed by atoms with Crippen molar-refractivity contribution in [2.24, 2.45) is 0 Å². The van der Waals surface area contributed by atoms with Crippen molar-refractivity contribution >= 4 is 25.2 Å². The van der Waals surface area contributed by atoms with Crippen molar-refractivity contribution in [3.63, 3.8) is 0 Å². The van der Waals surface area contributed by atoms with Crippen LogP contribution < -0.4 is 0 Å². The zero-order chi connectivity index (χ0) is 19.7. The lowest BCUT2D eigenvalue weighted by molar-refractivity contribution is 0.116. The van der Waals surface area contributed by atoms with E-state index in [0.717, 1.165) is 32.3 Å². The molecule has 0 spiro atoms. The Balaban J connectivity index is 2.79. The Morgan fingerprint density at radius 2 is 1.23 bits per heavy atom. The van der Waals surface area contributed by atoms with Gasteiger partial charge in [-0.2, -0.15) is 0 Å². The van der Waals surface area contributed by atoms with Gasteiger partial charge in [0.25, 0.3) is 0 Å². The van der Waals surface area contributed by atoms with Crippen LogP contribution in [0.2, 0.25) is 48.9 Å². The molecule has 1 aliphatic rings. The second-order valence-electron chi connectivity index (χ2n) is 7.96. The standard InChI is InChI=1S/C19H44O4Si3/c1-8-25(9-2,10-3)22-24(7,23-26(11-4,12-5)13-6)16-14-15-20-17-19-18-21-19/h19H,8-18H2,1-7H3. The molecular formula is C19H44O4Si3. The number of rotatable bonds is 16. The van der Waals surface area contributed by atoms with Crippen molar-refractivity contribution in [3.05, 3.63) is 0 Å². The molecule has 1 unspecified atom stereocenters. The van der Waals surface area contributed by atoms with E-state index in [2.05, 4.69) is 48.1 Å². The van der Waals surface area contributed by atoms with Crippen LogP contribution >= 0.6 is 0 Å². The van der Waals surface area contributed by atoms with E-state index < -0.39 is 25.2 Å². The fraction of sp³-hybridized carbons (Fsp3) is 1.00. The van der Waals surface area contributed by atoms with E-state index in [0.29, 0.717) is 6.10 Å². The number of hydrogen-bond donors (Lipinski definition) is 0. The Morgan fingerprint density at radius 3 is 1.58 bits per heavy atom. The van der Waals surface area contributed by atoms with Crippen LogP contribution in [-0.2, 0) is 17.7 Å². The van der Waals surface area contributed by atoms with Gasteiger partial charge in [-0.15, -0.1) is 0 Å². The third-order valence-corrected chi connectivity index (χ3v) is 22.3. The fourth-order valence-electron chi connectivity index (χ4n) is 3.85. The van der Waals surface area contributed by atoms with E-state index in [1.807, 2.05) is 0 Å². The van der Waals surface area contributed by atoms with Crippen LogP contribution in [0.3, 0.4) is 0 Å². The lowest BCUT2D eigenvalue weighted by atomic mass is 10.5. The van der Waals surface area contributed by atoms with E-state index in [-0.39, 0.29) is 0 Å². The van der Waals surface area contributed by atoms with Crippen LogP contribution in [0.4, 0.5) is 0 Å². The monoisotopic (exact) mass is 420 g/mol. The van der Waals surface area contributed by atoms with Crippen molar-refractivity contribution < 1.29 is 17.7 Å². The summed E-state index contributed by atoms with van der Waals surface area (Å²) in [6, 6.07) is 8.23. The van der Waals surface area contributed by atoms with E-state index in [4.69, 9.17) is 17.7 Å². The summed E-state index contributed by atoms with van der Waals surface area (Å²) in [5.74, 6) is 0. The molecule has 0 N–H and O–H groups in total. The molecule has 7 heteroatoms. The average Bonchev–Trinajstić information content (AvgIpc) is 3.49. The summed E-state index contributed by atoms with van der Waals surface area (Å²) in [6.07, 6.45) is 1.39. The van der Waals surface area contributed by atoms with Gasteiger partial charge < -0.3 is 17.7 Å². The summed E-state index contributed by atoms with van der Waals surface area (Å²) in [4.78, 5) is 0. The van der Waals surface area contributed by atoms with Gasteiger partial charge in [0.2, 0.25) is 0 Å². The first-order chi connectivity index (χ1) is 12.4. The van der Waals surface area contributed by atoms with Gasteiger partial charge in [-0.1, -0.05) is 41.5 Å². The van der Waals surface area contributed by atoms with Gasteiger partial charge >= 0.3 is 8.56 Å². The highest BCUT2D eigenvalue weighted by Crippen LogP contribution is 2.34. The molecule has 156 valence electrons. The summed E-state index contributed by atoms with van der Waals surface area (Å²) in [5, 5.41) is 0. The van der Waals surface area contributed by atoms with Gasteiger partial charge in [0, 0.05) is 6.61 Å². The molecule has 0 saturated carbocycles. The zero-order valence-corrected chi connectivity index (χ0v) is 21.5. The van der Waals surface area contributed by atoms with Gasteiger partial charge in [0.15, 0.2) is 16.6 Å². The number of ether oxygens (including phenoxy) is 2. The first kappa shape index (κ1) is 24.5. The smallest absolute Gasteiger partial charge is 0.314 e. The second-order valence-corrected chi connectivity index (χ2v) is 21.3. The first-order valence-corrected chi connectivity index (χ1v) is 18.5. The molecule has 0 radical (unpaired) electrons. The van der Waals surface area contributed by atoms with Gasteiger partial charge in [-0.05, 0) is 55.3 Å². The van der Waals surface area contributed by atoms with E-state index >= 15 is 0 Å². The minimum Gasteiger partial charge on any atom is -0.436 e. The van der Waals surface area contributed by atoms with Crippen molar-refractivity contribution in [2.75, 3.05) is 19.8 Å². The normalized spacial score (nSPS) is 18.3. The summed E-state index contributed by atoms with van der Waals surface area (Å²) >= 11 is 0. The van der Waals surface area contributed by atoms with Crippen molar-refractivity contribution in [1.82, 2.24) is 0 Å². The number of epoxide rings is 1. The van der Waals surface area contributed by atoms with E-state index in [9.17, 15) is 0 Å². The summed E-state index contributed by atoms with van der Waals surface area (Å²) < 4.78 is 25.2. The molecule has 0 aliphatic carbocycles. The van der Waals surface area contributed by atoms with Crippen LogP contribution in [-0.4, -0.2) is 51.1 Å². The topological polar surface area (TPSA) is 40.2 Å². The van der Waals surface area contributed by atoms with Crippen molar-refractivity contribution in [2.45, 2.75) is 103 Å². The average molecular weight is 421 g/mol. The third-order valence-electron chi connectivity index (χ3n) is 6.36. The largest absolute Gasteiger partial charge is 0.436 e. The summed E-state index contributed by atoms with van der Waals surface area (Å²) in [7, 11) is -5.53. The first-order valence-electron chi connectivity index (χ1n) is 11.0. The quantitative estimate of drug-likeness (QED) is 0.177. The van der Waals surface area contributed by atoms with Crippen LogP contribution in [0.1, 0.15) is 48.0 Å². The molecule has 4 nitrogen and oxygen atoms in total. The van der Waals surface area contributed by atoms with Gasteiger partial charge in [0.05, 0.1) is 13.2 Å². The minimum atomic E-state index is -2.20. The molecule has 1 aliphatic heterocycles. The Labute approximate surface area is 165 Å². The molecule has 0 aromatic heterocycles. The van der Waals surface area contributed by atoms with Crippen LogP contribution in [0.5, 0.6) is 0 Å². The van der Waals surface area contributed by atoms with Gasteiger partial charge in [0.1, 0.15) is 6.10 Å². The van der Waals surface area contributed by atoms with Crippen LogP contribution in [0, 0.1) is 0 Å². The zero-order valence-electron chi connectivity index (χ0n) is 18.5. The fourth-order valence-corrected chi connectivity index (χ4v) is 19.8. The predicted molar refractivity (Wildman–Crippen MR) is 118 cm³/mol. The molecule has 26 heavy (non-hydrogen) atoms. The lowest BCUT2D eigenvalue weighted by Gasteiger charge is -2.44. The highest BCUT2D eigenvalue weighted by atomic mass is 28.5. The van der Waals surface area contributed by atoms with Crippen LogP contribution in [0.25, 0.3) is 0 Å². The second kappa shape index (κ2) is 11.5. The van der Waals surface area contributed by atoms with Gasteiger partial charge in [-0.25, -0.2) is 0 Å². The maximum absolute atomic E-state index is 7.08. The highest BCUT2D eigenvalue weighted by Gasteiger charge is 2.45. The molecule has 1 saturated heterocycles. The van der Waals surface area contributed by atoms with Crippen molar-refractivity contribution in [1.29, 1.82) is 0 Å². The molecule has 1 fully saturated rings. The molecule has 0 amide bonds. The Hall–Kier alpha value is 0.491. The maximum Gasteiger partial charge on any atom is 0.314 e. The third kappa shape index (κ3) is 7.49. The molecule has 0 bridgehead atoms. The molecule has 1 atom stereocenters. The Kier molecular flexibility index (Phi) is 10.8. The van der Waals surface area contributed by atoms with E-state index in [1.165, 1.54) is 36.3 Å².